The van der Waals surface area contributed by atoms with Gasteiger partial charge in [-0.2, -0.15) is 0 Å². The number of ether oxygens (including phenoxy) is 2. The molecule has 1 atom stereocenters. The summed E-state index contributed by atoms with van der Waals surface area (Å²) in [6.07, 6.45) is 1.10. The minimum Gasteiger partial charge on any atom is -0.507 e. The number of fused-ring (bicyclic) bond motifs is 3. The molecule has 1 heterocycles. The van der Waals surface area contributed by atoms with Gasteiger partial charge in [0.25, 0.3) is 0 Å². The van der Waals surface area contributed by atoms with Gasteiger partial charge in [0.1, 0.15) is 34.0 Å². The molecule has 40 heavy (non-hydrogen) atoms. The fourth-order valence-electron chi connectivity index (χ4n) is 4.88. The monoisotopic (exact) mass is 548 g/mol. The van der Waals surface area contributed by atoms with Crippen LogP contribution in [0, 0.1) is 6.92 Å². The highest BCUT2D eigenvalue weighted by atomic mass is 16.5. The number of amides is 1. The van der Waals surface area contributed by atoms with Gasteiger partial charge in [-0.1, -0.05) is 6.07 Å². The number of nitrogens with one attached hydrogen (secondary N) is 2. The second-order valence-corrected chi connectivity index (χ2v) is 9.68. The van der Waals surface area contributed by atoms with E-state index in [1.807, 2.05) is 0 Å². The molecule has 1 aliphatic carbocycles. The quantitative estimate of drug-likeness (QED) is 0.175. The Hall–Kier alpha value is -4.93. The minimum absolute atomic E-state index is 0.00300. The number of aromatic hydroxyl groups is 2. The summed E-state index contributed by atoms with van der Waals surface area (Å²) in [4.78, 5) is 63.3. The molecular formula is C29H28N2O9. The molecule has 1 amide bonds. The van der Waals surface area contributed by atoms with Crippen molar-refractivity contribution in [3.8, 4) is 17.2 Å². The molecule has 0 unspecified atom stereocenters. The molecule has 0 aromatic heterocycles. The lowest BCUT2D eigenvalue weighted by Gasteiger charge is -2.29. The molecule has 2 aromatic carbocycles. The van der Waals surface area contributed by atoms with Crippen LogP contribution in [0.4, 0.5) is 5.69 Å². The summed E-state index contributed by atoms with van der Waals surface area (Å²) in [6.45, 7) is 5.69. The van der Waals surface area contributed by atoms with Gasteiger partial charge in [-0.3, -0.25) is 19.2 Å². The largest absolute Gasteiger partial charge is 0.507 e. The van der Waals surface area contributed by atoms with E-state index in [1.54, 1.807) is 18.2 Å². The summed E-state index contributed by atoms with van der Waals surface area (Å²) < 4.78 is 10.4. The number of carbonyl (C=O) groups excluding carboxylic acids is 5. The topological polar surface area (TPSA) is 168 Å². The predicted octanol–water partition coefficient (Wildman–Crippen LogP) is 2.97. The predicted molar refractivity (Wildman–Crippen MR) is 142 cm³/mol. The van der Waals surface area contributed by atoms with Gasteiger partial charge in [0.2, 0.25) is 5.91 Å². The number of allylic oxidation sites excluding steroid dienone is 4. The molecule has 4 N–H and O–H groups in total. The summed E-state index contributed by atoms with van der Waals surface area (Å²) >= 11 is 0. The first-order valence-corrected chi connectivity index (χ1v) is 12.3. The van der Waals surface area contributed by atoms with Crippen LogP contribution in [0.25, 0.3) is 0 Å². The molecule has 0 fully saturated rings. The summed E-state index contributed by atoms with van der Waals surface area (Å²) in [5.74, 6) is -3.88. The SMILES string of the molecule is COC(=O)c1cccc(NC(=O)CCNC(C)=C2C(=O)C=C3Oc4c(C(C)=O)c(O)c(C)c(O)c4[C@@]3(C)C2=O)c1. The van der Waals surface area contributed by atoms with E-state index in [4.69, 9.17) is 4.74 Å². The van der Waals surface area contributed by atoms with Crippen LogP contribution in [-0.2, 0) is 24.5 Å². The number of carbonyl (C=O) groups is 5. The molecule has 0 saturated carbocycles. The summed E-state index contributed by atoms with van der Waals surface area (Å²) in [6, 6.07) is 6.24. The Labute approximate surface area is 229 Å². The van der Waals surface area contributed by atoms with E-state index in [0.717, 1.165) is 6.08 Å². The zero-order chi connectivity index (χ0) is 29.5. The van der Waals surface area contributed by atoms with Gasteiger partial charge in [0.15, 0.2) is 17.3 Å². The van der Waals surface area contributed by atoms with Gasteiger partial charge in [0.05, 0.1) is 23.8 Å². The molecule has 0 spiro atoms. The summed E-state index contributed by atoms with van der Waals surface area (Å²) in [7, 11) is 1.26. The number of hydrogen-bond acceptors (Lipinski definition) is 10. The number of rotatable bonds is 7. The Morgan fingerprint density at radius 1 is 1.10 bits per heavy atom. The highest BCUT2D eigenvalue weighted by Crippen LogP contribution is 2.57. The molecule has 11 heteroatoms. The lowest BCUT2D eigenvalue weighted by Crippen LogP contribution is -2.41. The van der Waals surface area contributed by atoms with Gasteiger partial charge in [-0.05, 0) is 45.9 Å². The van der Waals surface area contributed by atoms with Crippen molar-refractivity contribution in [3.63, 3.8) is 0 Å². The zero-order valence-electron chi connectivity index (χ0n) is 22.6. The fourth-order valence-corrected chi connectivity index (χ4v) is 4.88. The molecule has 0 bridgehead atoms. The maximum absolute atomic E-state index is 13.8. The maximum atomic E-state index is 13.8. The van der Waals surface area contributed by atoms with Crippen molar-refractivity contribution in [2.24, 2.45) is 0 Å². The number of esters is 1. The first kappa shape index (κ1) is 28.1. The molecule has 2 aromatic rings. The smallest absolute Gasteiger partial charge is 0.337 e. The van der Waals surface area contributed by atoms with E-state index in [-0.39, 0.29) is 63.9 Å². The summed E-state index contributed by atoms with van der Waals surface area (Å²) in [5, 5.41) is 27.0. The maximum Gasteiger partial charge on any atom is 0.337 e. The molecule has 4 rings (SSSR count). The van der Waals surface area contributed by atoms with E-state index in [0.29, 0.717) is 5.69 Å². The van der Waals surface area contributed by atoms with Crippen molar-refractivity contribution in [2.75, 3.05) is 19.0 Å². The van der Waals surface area contributed by atoms with Crippen molar-refractivity contribution in [1.29, 1.82) is 0 Å². The highest BCUT2D eigenvalue weighted by Gasteiger charge is 2.56. The van der Waals surface area contributed by atoms with E-state index >= 15 is 0 Å². The van der Waals surface area contributed by atoms with Crippen LogP contribution in [0.2, 0.25) is 0 Å². The zero-order valence-corrected chi connectivity index (χ0v) is 22.6. The highest BCUT2D eigenvalue weighted by molar-refractivity contribution is 6.31. The molecule has 0 saturated heterocycles. The number of methoxy groups -OCH3 is 1. The van der Waals surface area contributed by atoms with E-state index in [1.165, 1.54) is 40.9 Å². The number of hydrogen-bond donors (Lipinski definition) is 4. The number of ketones is 3. The lowest BCUT2D eigenvalue weighted by atomic mass is 9.70. The molecule has 2 aliphatic rings. The number of phenolic OH excluding ortho intramolecular Hbond substituents is 2. The van der Waals surface area contributed by atoms with Crippen LogP contribution in [0.5, 0.6) is 17.2 Å². The van der Waals surface area contributed by atoms with E-state index in [2.05, 4.69) is 15.4 Å². The number of Topliss-reactive ketones (excluding diaryl/α,β-unsaturated/α-hetero) is 2. The Bertz CT molecular complexity index is 1570. The lowest BCUT2D eigenvalue weighted by molar-refractivity contribution is -0.123. The molecule has 1 aliphatic heterocycles. The van der Waals surface area contributed by atoms with Gasteiger partial charge >= 0.3 is 5.97 Å². The van der Waals surface area contributed by atoms with Crippen LogP contribution < -0.4 is 15.4 Å². The second kappa shape index (κ2) is 10.3. The number of benzene rings is 2. The Balaban J connectivity index is 1.56. The third-order valence-corrected chi connectivity index (χ3v) is 7.07. The van der Waals surface area contributed by atoms with Crippen molar-refractivity contribution >= 4 is 34.9 Å². The fraction of sp³-hybridized carbons (Fsp3) is 0.276. The Morgan fingerprint density at radius 2 is 1.80 bits per heavy atom. The number of phenols is 2. The van der Waals surface area contributed by atoms with Gasteiger partial charge in [-0.25, -0.2) is 4.79 Å². The molecular weight excluding hydrogens is 520 g/mol. The van der Waals surface area contributed by atoms with Crippen molar-refractivity contribution < 1.29 is 43.7 Å². The van der Waals surface area contributed by atoms with E-state index in [9.17, 15) is 34.2 Å². The van der Waals surface area contributed by atoms with Gasteiger partial charge in [-0.15, -0.1) is 0 Å². The van der Waals surface area contributed by atoms with Crippen molar-refractivity contribution in [1.82, 2.24) is 5.32 Å². The van der Waals surface area contributed by atoms with Gasteiger partial charge in [0, 0.05) is 36.0 Å². The normalized spacial score (nSPS) is 18.7. The first-order valence-electron chi connectivity index (χ1n) is 12.3. The molecule has 0 radical (unpaired) electrons. The molecule has 11 nitrogen and oxygen atoms in total. The standard InChI is InChI=1S/C29H28N2O9/c1-13-24(35)22(15(3)32)26-23(25(13)36)29(4)19(40-26)12-18(33)21(27(29)37)14(2)30-10-9-20(34)31-17-8-6-7-16(11-17)28(38)39-5/h6-8,11-12,30,35-36H,9-10H2,1-5H3,(H,31,34)/t29-/m0/s1. The van der Waals surface area contributed by atoms with Crippen LogP contribution in [0.15, 0.2) is 47.4 Å². The van der Waals surface area contributed by atoms with E-state index < -0.39 is 40.2 Å². The third-order valence-electron chi connectivity index (χ3n) is 7.07. The van der Waals surface area contributed by atoms with Crippen molar-refractivity contribution in [2.45, 2.75) is 39.5 Å². The van der Waals surface area contributed by atoms with Crippen LogP contribution in [0.3, 0.4) is 0 Å². The Morgan fingerprint density at radius 3 is 2.45 bits per heavy atom. The molecule has 208 valence electrons. The minimum atomic E-state index is -1.63. The van der Waals surface area contributed by atoms with Crippen LogP contribution >= 0.6 is 0 Å². The van der Waals surface area contributed by atoms with Gasteiger partial charge < -0.3 is 30.3 Å². The Kier molecular flexibility index (Phi) is 7.25. The average Bonchev–Trinajstić information content (AvgIpc) is 3.19. The summed E-state index contributed by atoms with van der Waals surface area (Å²) in [5.41, 5.74) is -1.12. The van der Waals surface area contributed by atoms with Crippen LogP contribution in [0.1, 0.15) is 59.0 Å². The van der Waals surface area contributed by atoms with Crippen molar-refractivity contribution in [3.05, 3.63) is 69.6 Å². The van der Waals surface area contributed by atoms with Crippen LogP contribution in [-0.4, -0.2) is 53.1 Å². The second-order valence-electron chi connectivity index (χ2n) is 9.68. The number of anilines is 1. The third kappa shape index (κ3) is 4.49. The average molecular weight is 549 g/mol. The first-order chi connectivity index (χ1) is 18.8.